The summed E-state index contributed by atoms with van der Waals surface area (Å²) in [6, 6.07) is 5.31. The minimum atomic E-state index is -0.946. The second-order valence-corrected chi connectivity index (χ2v) is 11.2. The average Bonchev–Trinajstić information content (AvgIpc) is 2.75. The Morgan fingerprint density at radius 2 is 1.64 bits per heavy atom. The normalized spacial score (nSPS) is 13.2. The maximum Gasteiger partial charge on any atom is 0.408 e. The van der Waals surface area contributed by atoms with Crippen LogP contribution >= 0.6 is 0 Å². The largest absolute Gasteiger partial charge is 0.444 e. The molecular weight excluding hydrogens is 454 g/mol. The number of unbranched alkanes of at least 4 members (excludes halogenated alkanes) is 4. The quantitative estimate of drug-likeness (QED) is 0.318. The van der Waals surface area contributed by atoms with E-state index >= 15 is 0 Å². The van der Waals surface area contributed by atoms with Gasteiger partial charge in [0.05, 0.1) is 0 Å². The highest BCUT2D eigenvalue weighted by Crippen LogP contribution is 2.27. The fourth-order valence-electron chi connectivity index (χ4n) is 3.80. The number of nitrogens with zero attached hydrogens (tertiary/aromatic N) is 1. The second kappa shape index (κ2) is 13.9. The molecule has 0 bridgehead atoms. The number of ether oxygens (including phenoxy) is 1. The summed E-state index contributed by atoms with van der Waals surface area (Å²) in [6.07, 6.45) is 9.99. The lowest BCUT2D eigenvalue weighted by Gasteiger charge is -2.36. The number of hydrogen-bond acceptors (Lipinski definition) is 4. The molecule has 0 heterocycles. The number of hydrogen-bond donors (Lipinski definition) is 2. The number of rotatable bonds is 11. The standard InChI is InChI=1S/C29H45N3O4/c1-10-12-13-14-17-20-32(26(34)21(3)30-27(35)36-29(7,8)9)24(25(33)31-28(4,5)6)23-19-16-15-18-22(23)11-2/h2,15-16,18-19,21,24H,10,12-14,17,20H2,1,3-9H3,(H,30,35)(H,31,33). The van der Waals surface area contributed by atoms with E-state index in [4.69, 9.17) is 11.2 Å². The summed E-state index contributed by atoms with van der Waals surface area (Å²) in [4.78, 5) is 41.4. The van der Waals surface area contributed by atoms with Crippen LogP contribution in [0.1, 0.15) is 105 Å². The first-order valence-electron chi connectivity index (χ1n) is 12.9. The molecule has 0 fully saturated rings. The van der Waals surface area contributed by atoms with E-state index in [9.17, 15) is 14.4 Å². The third kappa shape index (κ3) is 10.7. The first kappa shape index (κ1) is 31.0. The summed E-state index contributed by atoms with van der Waals surface area (Å²) in [5.74, 6) is 1.95. The van der Waals surface area contributed by atoms with Gasteiger partial charge in [0.15, 0.2) is 0 Å². The molecule has 0 spiro atoms. The van der Waals surface area contributed by atoms with Gasteiger partial charge in [-0.1, -0.05) is 56.7 Å². The fraction of sp³-hybridized carbons (Fsp3) is 0.621. The number of nitrogens with one attached hydrogen (secondary N) is 2. The van der Waals surface area contributed by atoms with Crippen LogP contribution in [0.4, 0.5) is 4.79 Å². The number of alkyl carbamates (subject to hydrolysis) is 1. The molecule has 0 aliphatic heterocycles. The summed E-state index contributed by atoms with van der Waals surface area (Å²) in [5.41, 5.74) is -0.0974. The molecule has 0 saturated heterocycles. The molecule has 36 heavy (non-hydrogen) atoms. The van der Waals surface area contributed by atoms with Gasteiger partial charge in [0, 0.05) is 17.6 Å². The molecule has 0 saturated carbocycles. The van der Waals surface area contributed by atoms with Crippen LogP contribution in [-0.2, 0) is 14.3 Å². The van der Waals surface area contributed by atoms with Crippen LogP contribution in [0.3, 0.4) is 0 Å². The van der Waals surface area contributed by atoms with E-state index < -0.39 is 29.3 Å². The van der Waals surface area contributed by atoms with Crippen LogP contribution in [-0.4, -0.2) is 46.5 Å². The van der Waals surface area contributed by atoms with E-state index in [-0.39, 0.29) is 11.8 Å². The van der Waals surface area contributed by atoms with Gasteiger partial charge in [-0.15, -0.1) is 6.42 Å². The first-order valence-corrected chi connectivity index (χ1v) is 12.9. The minimum absolute atomic E-state index is 0.323. The zero-order chi connectivity index (χ0) is 27.5. The predicted octanol–water partition coefficient (Wildman–Crippen LogP) is 5.34. The van der Waals surface area contributed by atoms with Crippen molar-refractivity contribution in [2.24, 2.45) is 0 Å². The summed E-state index contributed by atoms with van der Waals surface area (Å²) in [7, 11) is 0. The summed E-state index contributed by atoms with van der Waals surface area (Å²) < 4.78 is 5.33. The van der Waals surface area contributed by atoms with Gasteiger partial charge in [0.25, 0.3) is 0 Å². The Morgan fingerprint density at radius 1 is 1.03 bits per heavy atom. The van der Waals surface area contributed by atoms with Crippen LogP contribution in [0.2, 0.25) is 0 Å². The van der Waals surface area contributed by atoms with Gasteiger partial charge in [0.2, 0.25) is 11.8 Å². The van der Waals surface area contributed by atoms with Crippen molar-refractivity contribution in [3.63, 3.8) is 0 Å². The van der Waals surface area contributed by atoms with E-state index in [1.165, 1.54) is 0 Å². The molecule has 7 heteroatoms. The van der Waals surface area contributed by atoms with Gasteiger partial charge < -0.3 is 20.3 Å². The third-order valence-electron chi connectivity index (χ3n) is 5.36. The molecule has 1 aromatic rings. The molecule has 2 N–H and O–H groups in total. The highest BCUT2D eigenvalue weighted by Gasteiger charge is 2.36. The van der Waals surface area contributed by atoms with Gasteiger partial charge in [-0.25, -0.2) is 4.79 Å². The number of benzene rings is 1. The minimum Gasteiger partial charge on any atom is -0.444 e. The second-order valence-electron chi connectivity index (χ2n) is 11.2. The lowest BCUT2D eigenvalue weighted by molar-refractivity contribution is -0.142. The molecular formula is C29H45N3O4. The summed E-state index contributed by atoms with van der Waals surface area (Å²) >= 11 is 0. The molecule has 3 amide bonds. The maximum atomic E-state index is 13.8. The van der Waals surface area contributed by atoms with Crippen LogP contribution in [0, 0.1) is 12.3 Å². The highest BCUT2D eigenvalue weighted by molar-refractivity contribution is 5.92. The van der Waals surface area contributed by atoms with E-state index in [0.29, 0.717) is 17.7 Å². The van der Waals surface area contributed by atoms with Crippen molar-refractivity contribution in [1.82, 2.24) is 15.5 Å². The topological polar surface area (TPSA) is 87.7 Å². The van der Waals surface area contributed by atoms with Crippen molar-refractivity contribution in [1.29, 1.82) is 0 Å². The highest BCUT2D eigenvalue weighted by atomic mass is 16.6. The molecule has 1 aromatic carbocycles. The SMILES string of the molecule is C#Cc1ccccc1C(C(=O)NC(C)(C)C)N(CCCCCCC)C(=O)C(C)NC(=O)OC(C)(C)C. The Kier molecular flexibility index (Phi) is 12.0. The van der Waals surface area contributed by atoms with E-state index in [1.807, 2.05) is 20.8 Å². The smallest absolute Gasteiger partial charge is 0.408 e. The Bertz CT molecular complexity index is 922. The van der Waals surface area contributed by atoms with Crippen molar-refractivity contribution in [3.8, 4) is 12.3 Å². The van der Waals surface area contributed by atoms with Gasteiger partial charge >= 0.3 is 6.09 Å². The van der Waals surface area contributed by atoms with Crippen molar-refractivity contribution < 1.29 is 19.1 Å². The number of terminal acetylenes is 1. The van der Waals surface area contributed by atoms with Gasteiger partial charge in [-0.05, 0) is 66.5 Å². The van der Waals surface area contributed by atoms with E-state index in [1.54, 1.807) is 56.9 Å². The molecule has 2 unspecified atom stereocenters. The molecule has 2 atom stereocenters. The predicted molar refractivity (Wildman–Crippen MR) is 144 cm³/mol. The van der Waals surface area contributed by atoms with Crippen molar-refractivity contribution >= 4 is 17.9 Å². The molecule has 7 nitrogen and oxygen atoms in total. The number of carbonyl (C=O) groups excluding carboxylic acids is 3. The van der Waals surface area contributed by atoms with Crippen molar-refractivity contribution in [2.75, 3.05) is 6.54 Å². The Balaban J connectivity index is 3.41. The third-order valence-corrected chi connectivity index (χ3v) is 5.36. The molecule has 0 aromatic heterocycles. The summed E-state index contributed by atoms with van der Waals surface area (Å²) in [6.45, 7) is 15.0. The zero-order valence-corrected chi connectivity index (χ0v) is 23.4. The lowest BCUT2D eigenvalue weighted by atomic mass is 9.96. The summed E-state index contributed by atoms with van der Waals surface area (Å²) in [5, 5.41) is 5.64. The van der Waals surface area contributed by atoms with E-state index in [0.717, 1.165) is 32.1 Å². The average molecular weight is 500 g/mol. The number of carbonyl (C=O) groups is 3. The van der Waals surface area contributed by atoms with Crippen LogP contribution in [0.25, 0.3) is 0 Å². The van der Waals surface area contributed by atoms with Crippen molar-refractivity contribution in [2.45, 2.75) is 111 Å². The van der Waals surface area contributed by atoms with Gasteiger partial charge in [-0.3, -0.25) is 9.59 Å². The molecule has 0 aliphatic carbocycles. The first-order chi connectivity index (χ1) is 16.7. The molecule has 0 aliphatic rings. The van der Waals surface area contributed by atoms with Crippen molar-refractivity contribution in [3.05, 3.63) is 35.4 Å². The Labute approximate surface area is 217 Å². The van der Waals surface area contributed by atoms with Crippen LogP contribution in [0.5, 0.6) is 0 Å². The van der Waals surface area contributed by atoms with Gasteiger partial charge in [0.1, 0.15) is 17.7 Å². The lowest BCUT2D eigenvalue weighted by Crippen LogP contribution is -2.54. The van der Waals surface area contributed by atoms with Crippen LogP contribution < -0.4 is 10.6 Å². The number of amides is 3. The maximum absolute atomic E-state index is 13.8. The molecule has 0 radical (unpaired) electrons. The zero-order valence-electron chi connectivity index (χ0n) is 23.4. The molecule has 1 rings (SSSR count). The fourth-order valence-corrected chi connectivity index (χ4v) is 3.80. The van der Waals surface area contributed by atoms with Crippen LogP contribution in [0.15, 0.2) is 24.3 Å². The van der Waals surface area contributed by atoms with Gasteiger partial charge in [-0.2, -0.15) is 0 Å². The monoisotopic (exact) mass is 499 g/mol. The van der Waals surface area contributed by atoms with E-state index in [2.05, 4.69) is 23.5 Å². The Morgan fingerprint density at radius 3 is 2.19 bits per heavy atom. The Hall–Kier alpha value is -3.01. The molecule has 200 valence electrons.